The van der Waals surface area contributed by atoms with Crippen LogP contribution in [0.5, 0.6) is 0 Å². The van der Waals surface area contributed by atoms with Gasteiger partial charge in [-0.25, -0.2) is 14.6 Å². The number of para-hydroxylation sites is 1. The van der Waals surface area contributed by atoms with Crippen LogP contribution in [-0.2, 0) is 25.5 Å². The van der Waals surface area contributed by atoms with Crippen LogP contribution >= 0.6 is 0 Å². The van der Waals surface area contributed by atoms with Crippen molar-refractivity contribution in [1.29, 1.82) is 0 Å². The van der Waals surface area contributed by atoms with Crippen LogP contribution in [0.25, 0.3) is 11.0 Å². The van der Waals surface area contributed by atoms with Gasteiger partial charge in [-0.2, -0.15) is 0 Å². The van der Waals surface area contributed by atoms with Crippen molar-refractivity contribution in [3.63, 3.8) is 0 Å². The van der Waals surface area contributed by atoms with Crippen molar-refractivity contribution in [3.8, 4) is 0 Å². The van der Waals surface area contributed by atoms with Crippen molar-refractivity contribution >= 4 is 40.7 Å². The molecule has 0 saturated carbocycles. The number of anilines is 1. The van der Waals surface area contributed by atoms with E-state index in [9.17, 15) is 19.2 Å². The van der Waals surface area contributed by atoms with Crippen LogP contribution < -0.4 is 5.32 Å². The monoisotopic (exact) mass is 741 g/mol. The molecule has 3 fully saturated rings. The molecule has 0 bridgehead atoms. The Morgan fingerprint density at radius 2 is 1.59 bits per heavy atom. The summed E-state index contributed by atoms with van der Waals surface area (Å²) in [5, 5.41) is 3.06. The van der Waals surface area contributed by atoms with Gasteiger partial charge in [-0.05, 0) is 113 Å². The lowest BCUT2D eigenvalue weighted by Crippen LogP contribution is -2.52. The van der Waals surface area contributed by atoms with Crippen molar-refractivity contribution < 1.29 is 28.7 Å². The van der Waals surface area contributed by atoms with Gasteiger partial charge in [-0.3, -0.25) is 14.5 Å². The number of fused-ring (bicyclic) bond motifs is 2. The molecule has 5 heterocycles. The second-order valence-electron chi connectivity index (χ2n) is 15.6. The summed E-state index contributed by atoms with van der Waals surface area (Å²) in [5.74, 6) is 0.371. The SMILES string of the molecule is CCOC(=O)CN1CCC(C2CCN(C(=O)C(OC(=O)N3CCC(N4CCc5ccccc5NC4=O)CC3)[C@H](C)c3cc(C)c4nc[nH]c4c3)CC2)CC1. The lowest BCUT2D eigenvalue weighted by Gasteiger charge is -2.41. The summed E-state index contributed by atoms with van der Waals surface area (Å²) < 4.78 is 11.4. The first-order chi connectivity index (χ1) is 26.2. The number of nitrogens with zero attached hydrogens (tertiary/aromatic N) is 5. The minimum absolute atomic E-state index is 0.00919. The van der Waals surface area contributed by atoms with Crippen LogP contribution in [0, 0.1) is 18.8 Å². The number of aryl methyl sites for hydroxylation is 1. The zero-order chi connectivity index (χ0) is 37.8. The van der Waals surface area contributed by atoms with E-state index in [2.05, 4.69) is 20.2 Å². The molecule has 0 aliphatic carbocycles. The number of aromatic nitrogens is 2. The fourth-order valence-corrected chi connectivity index (χ4v) is 9.08. The smallest absolute Gasteiger partial charge is 0.410 e. The van der Waals surface area contributed by atoms with Crippen LogP contribution in [0.1, 0.15) is 75.0 Å². The van der Waals surface area contributed by atoms with Crippen molar-refractivity contribution in [2.45, 2.75) is 83.8 Å². The summed E-state index contributed by atoms with van der Waals surface area (Å²) in [4.78, 5) is 68.8. The van der Waals surface area contributed by atoms with E-state index in [0.717, 1.165) is 78.6 Å². The highest BCUT2D eigenvalue weighted by molar-refractivity contribution is 5.91. The van der Waals surface area contributed by atoms with Gasteiger partial charge in [0.2, 0.25) is 0 Å². The molecular formula is C41H55N7O6. The molecule has 2 aromatic carbocycles. The van der Waals surface area contributed by atoms with E-state index in [-0.39, 0.29) is 23.9 Å². The molecule has 54 heavy (non-hydrogen) atoms. The average molecular weight is 742 g/mol. The molecule has 4 amide bonds. The number of hydrogen-bond donors (Lipinski definition) is 2. The molecule has 1 unspecified atom stereocenters. The second kappa shape index (κ2) is 16.8. The number of aromatic amines is 1. The number of benzene rings is 2. The Labute approximate surface area is 317 Å². The van der Waals surface area contributed by atoms with Crippen molar-refractivity contribution in [2.24, 2.45) is 11.8 Å². The third-order valence-corrected chi connectivity index (χ3v) is 12.3. The van der Waals surface area contributed by atoms with Crippen molar-refractivity contribution in [1.82, 2.24) is 29.6 Å². The molecule has 7 rings (SSSR count). The molecule has 2 N–H and O–H groups in total. The predicted molar refractivity (Wildman–Crippen MR) is 205 cm³/mol. The molecule has 3 saturated heterocycles. The molecule has 0 radical (unpaired) electrons. The first kappa shape index (κ1) is 37.7. The summed E-state index contributed by atoms with van der Waals surface area (Å²) in [7, 11) is 0. The maximum Gasteiger partial charge on any atom is 0.410 e. The van der Waals surface area contributed by atoms with Crippen molar-refractivity contribution in [2.75, 3.05) is 64.3 Å². The lowest BCUT2D eigenvalue weighted by molar-refractivity contribution is -0.144. The van der Waals surface area contributed by atoms with Crippen molar-refractivity contribution in [3.05, 3.63) is 59.4 Å². The fraction of sp³-hybridized carbons (Fsp3) is 0.585. The summed E-state index contributed by atoms with van der Waals surface area (Å²) in [5.41, 5.74) is 5.64. The molecule has 1 aromatic heterocycles. The van der Waals surface area contributed by atoms with Crippen LogP contribution in [0.2, 0.25) is 0 Å². The van der Waals surface area contributed by atoms with E-state index in [4.69, 9.17) is 9.47 Å². The third-order valence-electron chi connectivity index (χ3n) is 12.3. The molecule has 13 heteroatoms. The van der Waals surface area contributed by atoms with Crippen LogP contribution in [-0.4, -0.2) is 125 Å². The standard InChI is InChI=1S/C41H55N7O6/c1-4-53-36(49)25-45-16-9-29(10-17-45)30-11-18-46(19-12-30)39(50)38(28(3)32-23-27(2)37-35(24-32)42-26-43-37)54-41(52)47-20-14-33(15-21-47)48-22-13-31-7-5-6-8-34(31)44-40(48)51/h5-8,23-24,26,28-30,33,38H,4,9-22,25H2,1-3H3,(H,42,43)(H,44,51)/t28-,38?/m1/s1. The highest BCUT2D eigenvalue weighted by Crippen LogP contribution is 2.35. The molecule has 0 spiro atoms. The average Bonchev–Trinajstić information content (AvgIpc) is 3.60. The van der Waals surface area contributed by atoms with Crippen LogP contribution in [0.15, 0.2) is 42.7 Å². The number of amides is 4. The first-order valence-electron chi connectivity index (χ1n) is 19.9. The number of rotatable bonds is 9. The summed E-state index contributed by atoms with van der Waals surface area (Å²) in [6, 6.07) is 11.9. The van der Waals surface area contributed by atoms with E-state index in [0.29, 0.717) is 70.6 Å². The Balaban J connectivity index is 0.984. The predicted octanol–water partition coefficient (Wildman–Crippen LogP) is 5.55. The molecular weight excluding hydrogens is 686 g/mol. The van der Waals surface area contributed by atoms with Gasteiger partial charge >= 0.3 is 18.1 Å². The zero-order valence-corrected chi connectivity index (χ0v) is 31.9. The number of urea groups is 1. The Morgan fingerprint density at radius 3 is 2.31 bits per heavy atom. The minimum Gasteiger partial charge on any atom is -0.465 e. The summed E-state index contributed by atoms with van der Waals surface area (Å²) >= 11 is 0. The molecule has 4 aliphatic rings. The summed E-state index contributed by atoms with van der Waals surface area (Å²) in [6.07, 6.45) is 6.13. The van der Waals surface area contributed by atoms with Gasteiger partial charge in [-0.15, -0.1) is 0 Å². The number of likely N-dealkylation sites (tertiary alicyclic amines) is 3. The molecule has 290 valence electrons. The Morgan fingerprint density at radius 1 is 0.907 bits per heavy atom. The maximum absolute atomic E-state index is 14.4. The lowest BCUT2D eigenvalue weighted by atomic mass is 9.78. The maximum atomic E-state index is 14.4. The van der Waals surface area contributed by atoms with Gasteiger partial charge in [0.05, 0.1) is 30.5 Å². The zero-order valence-electron chi connectivity index (χ0n) is 31.9. The third kappa shape index (κ3) is 8.35. The van der Waals surface area contributed by atoms with E-state index in [1.54, 1.807) is 11.2 Å². The molecule has 13 nitrogen and oxygen atoms in total. The molecule has 4 aliphatic heterocycles. The van der Waals surface area contributed by atoms with Crippen LogP contribution in [0.3, 0.4) is 0 Å². The highest BCUT2D eigenvalue weighted by atomic mass is 16.6. The fourth-order valence-electron chi connectivity index (χ4n) is 9.08. The molecule has 3 aromatic rings. The van der Waals surface area contributed by atoms with Crippen LogP contribution in [0.4, 0.5) is 15.3 Å². The highest BCUT2D eigenvalue weighted by Gasteiger charge is 2.39. The number of hydrogen-bond acceptors (Lipinski definition) is 8. The normalized spacial score (nSPS) is 20.6. The van der Waals surface area contributed by atoms with Gasteiger partial charge < -0.3 is 34.5 Å². The van der Waals surface area contributed by atoms with E-state index in [1.165, 1.54) is 0 Å². The summed E-state index contributed by atoms with van der Waals surface area (Å²) in [6.45, 7) is 11.1. The first-order valence-corrected chi connectivity index (χ1v) is 19.9. The number of carbonyl (C=O) groups is 4. The number of nitrogens with one attached hydrogen (secondary N) is 2. The Bertz CT molecular complexity index is 1810. The van der Waals surface area contributed by atoms with Gasteiger partial charge in [-0.1, -0.05) is 31.2 Å². The van der Waals surface area contributed by atoms with Gasteiger partial charge in [0, 0.05) is 50.4 Å². The van der Waals surface area contributed by atoms with E-state index >= 15 is 0 Å². The van der Waals surface area contributed by atoms with Gasteiger partial charge in [0.1, 0.15) is 0 Å². The van der Waals surface area contributed by atoms with Gasteiger partial charge in [0.25, 0.3) is 5.91 Å². The number of ether oxygens (including phenoxy) is 2. The minimum atomic E-state index is -0.993. The van der Waals surface area contributed by atoms with Gasteiger partial charge in [0.15, 0.2) is 6.10 Å². The topological polar surface area (TPSA) is 140 Å². The second-order valence-corrected chi connectivity index (χ2v) is 15.6. The van der Waals surface area contributed by atoms with E-state index in [1.807, 2.05) is 67.0 Å². The number of H-pyrrole nitrogens is 1. The Kier molecular flexibility index (Phi) is 11.7. The number of imidazole rings is 1. The quantitative estimate of drug-likeness (QED) is 0.272. The number of esters is 1. The molecule has 2 atom stereocenters. The Hall–Kier alpha value is -4.65. The number of carbonyl (C=O) groups excluding carboxylic acids is 4. The van der Waals surface area contributed by atoms with E-state index < -0.39 is 18.1 Å². The largest absolute Gasteiger partial charge is 0.465 e. The number of piperidine rings is 3.